The number of carbonyl (C=O) groups excluding carboxylic acids is 2. The van der Waals surface area contributed by atoms with Gasteiger partial charge < -0.3 is 24.1 Å². The van der Waals surface area contributed by atoms with E-state index >= 15 is 0 Å². The standard InChI is InChI=1S/C27H26F2N4O6/c28-26(29)38-18-4-1-15-2-8-25(35)32(21(15)13-18)10-9-30-16-3-5-20-23(11-16)39-27(36)33(20)24-7-6-22-19(31-24)12-17(34)14-37-22/h1-2,4,6-8,13,16,20,23,26,30H,3,5,9-12,14H2/t16-,20-,23-/m0/s1. The number of nitrogens with zero attached hydrogens (tertiary/aromatic N) is 3. The number of Topliss-reactive ketones (excluding diaryl/α,β-unsaturated/α-hetero) is 1. The molecule has 0 unspecified atom stereocenters. The lowest BCUT2D eigenvalue weighted by Gasteiger charge is -2.33. The molecule has 1 aromatic carbocycles. The van der Waals surface area contributed by atoms with Crippen molar-refractivity contribution in [3.63, 3.8) is 0 Å². The van der Waals surface area contributed by atoms with Crippen molar-refractivity contribution in [1.29, 1.82) is 0 Å². The molecular formula is C27H26F2N4O6. The number of benzene rings is 1. The monoisotopic (exact) mass is 540 g/mol. The van der Waals surface area contributed by atoms with Crippen molar-refractivity contribution in [3.05, 3.63) is 58.5 Å². The summed E-state index contributed by atoms with van der Waals surface area (Å²) in [7, 11) is 0. The number of alkyl halides is 2. The Labute approximate surface area is 221 Å². The molecule has 0 radical (unpaired) electrons. The largest absolute Gasteiger partial charge is 0.484 e. The summed E-state index contributed by atoms with van der Waals surface area (Å²) in [6, 6.07) is 11.0. The first-order valence-corrected chi connectivity index (χ1v) is 12.8. The third-order valence-electron chi connectivity index (χ3n) is 7.41. The summed E-state index contributed by atoms with van der Waals surface area (Å²) in [5, 5.41) is 4.18. The molecule has 3 atom stereocenters. The molecule has 204 valence electrons. The van der Waals surface area contributed by atoms with E-state index in [1.807, 2.05) is 0 Å². The van der Waals surface area contributed by atoms with Crippen LogP contribution in [0.25, 0.3) is 10.9 Å². The number of fused-ring (bicyclic) bond motifs is 3. The van der Waals surface area contributed by atoms with Gasteiger partial charge in [-0.1, -0.05) is 0 Å². The highest BCUT2D eigenvalue weighted by Crippen LogP contribution is 2.36. The van der Waals surface area contributed by atoms with E-state index in [1.54, 1.807) is 29.2 Å². The lowest BCUT2D eigenvalue weighted by atomic mass is 9.88. The zero-order valence-corrected chi connectivity index (χ0v) is 20.8. The molecule has 39 heavy (non-hydrogen) atoms. The lowest BCUT2D eigenvalue weighted by Crippen LogP contribution is -2.46. The minimum atomic E-state index is -2.95. The number of rotatable bonds is 7. The van der Waals surface area contributed by atoms with Gasteiger partial charge in [-0.25, -0.2) is 9.78 Å². The van der Waals surface area contributed by atoms with Crippen molar-refractivity contribution in [2.45, 2.75) is 57.0 Å². The fourth-order valence-corrected chi connectivity index (χ4v) is 5.63. The van der Waals surface area contributed by atoms with Crippen molar-refractivity contribution >= 4 is 28.6 Å². The average Bonchev–Trinajstić information content (AvgIpc) is 3.24. The Balaban J connectivity index is 1.10. The number of amides is 1. The first-order valence-electron chi connectivity index (χ1n) is 12.8. The number of hydrogen-bond donors (Lipinski definition) is 1. The summed E-state index contributed by atoms with van der Waals surface area (Å²) >= 11 is 0. The van der Waals surface area contributed by atoms with Gasteiger partial charge in [0.2, 0.25) is 0 Å². The number of anilines is 1. The van der Waals surface area contributed by atoms with Crippen LogP contribution in [-0.4, -0.2) is 59.4 Å². The SMILES string of the molecule is O=C1COc2ccc(N3C(=O)O[C@H]4C[C@@H](NCCn5c(=O)ccc6ccc(OC(F)F)cc65)CC[C@@H]43)nc2C1. The van der Waals surface area contributed by atoms with Crippen molar-refractivity contribution < 1.29 is 32.6 Å². The molecule has 1 amide bonds. The highest BCUT2D eigenvalue weighted by Gasteiger charge is 2.46. The molecule has 1 saturated carbocycles. The van der Waals surface area contributed by atoms with E-state index in [4.69, 9.17) is 9.47 Å². The summed E-state index contributed by atoms with van der Waals surface area (Å²) in [4.78, 5) is 43.2. The van der Waals surface area contributed by atoms with E-state index in [2.05, 4.69) is 15.0 Å². The summed E-state index contributed by atoms with van der Waals surface area (Å²) in [5.74, 6) is 0.927. The van der Waals surface area contributed by atoms with Gasteiger partial charge in [-0.05, 0) is 48.6 Å². The second kappa shape index (κ2) is 10.3. The van der Waals surface area contributed by atoms with Gasteiger partial charge in [0, 0.05) is 37.7 Å². The van der Waals surface area contributed by atoms with Crippen LogP contribution in [0.4, 0.5) is 19.4 Å². The normalized spacial score (nSPS) is 22.4. The van der Waals surface area contributed by atoms with Gasteiger partial charge in [0.25, 0.3) is 5.56 Å². The molecule has 0 bridgehead atoms. The zero-order valence-electron chi connectivity index (χ0n) is 20.8. The van der Waals surface area contributed by atoms with Crippen molar-refractivity contribution in [3.8, 4) is 11.5 Å². The third kappa shape index (κ3) is 5.03. The number of halogens is 2. The molecule has 3 aliphatic rings. The number of ether oxygens (including phenoxy) is 3. The number of hydrogen-bond acceptors (Lipinski definition) is 8. The Morgan fingerprint density at radius 3 is 2.79 bits per heavy atom. The highest BCUT2D eigenvalue weighted by molar-refractivity contribution is 5.90. The maximum Gasteiger partial charge on any atom is 0.416 e. The summed E-state index contributed by atoms with van der Waals surface area (Å²) in [6.07, 6.45) is 1.43. The van der Waals surface area contributed by atoms with Crippen LogP contribution < -0.4 is 25.2 Å². The molecule has 1 N–H and O–H groups in total. The van der Waals surface area contributed by atoms with Crippen LogP contribution >= 0.6 is 0 Å². The minimum absolute atomic E-state index is 0.0109. The molecule has 2 aliphatic heterocycles. The smallest absolute Gasteiger partial charge is 0.416 e. The molecule has 10 nitrogen and oxygen atoms in total. The highest BCUT2D eigenvalue weighted by atomic mass is 19.3. The van der Waals surface area contributed by atoms with Crippen LogP contribution in [0.5, 0.6) is 11.5 Å². The Bertz CT molecular complexity index is 1490. The van der Waals surface area contributed by atoms with Crippen LogP contribution in [0.3, 0.4) is 0 Å². The van der Waals surface area contributed by atoms with E-state index in [0.29, 0.717) is 48.7 Å². The second-order valence-corrected chi connectivity index (χ2v) is 9.86. The first-order chi connectivity index (χ1) is 18.9. The number of pyridine rings is 2. The van der Waals surface area contributed by atoms with E-state index < -0.39 is 12.7 Å². The van der Waals surface area contributed by atoms with Gasteiger partial charge in [-0.2, -0.15) is 8.78 Å². The van der Waals surface area contributed by atoms with Crippen molar-refractivity contribution in [1.82, 2.24) is 14.9 Å². The summed E-state index contributed by atoms with van der Waals surface area (Å²) < 4.78 is 42.5. The van der Waals surface area contributed by atoms with E-state index in [9.17, 15) is 23.2 Å². The zero-order chi connectivity index (χ0) is 27.1. The quantitative estimate of drug-likeness (QED) is 0.487. The fourth-order valence-electron chi connectivity index (χ4n) is 5.63. The van der Waals surface area contributed by atoms with Crippen LogP contribution in [0, 0.1) is 0 Å². The van der Waals surface area contributed by atoms with E-state index in [1.165, 1.54) is 22.8 Å². The molecule has 0 spiro atoms. The van der Waals surface area contributed by atoms with Crippen molar-refractivity contribution in [2.75, 3.05) is 18.1 Å². The van der Waals surface area contributed by atoms with Gasteiger partial charge in [-0.3, -0.25) is 14.5 Å². The molecule has 4 heterocycles. The molecule has 3 aromatic rings. The second-order valence-electron chi connectivity index (χ2n) is 9.86. The van der Waals surface area contributed by atoms with Crippen LogP contribution in [0.15, 0.2) is 47.3 Å². The van der Waals surface area contributed by atoms with Gasteiger partial charge in [0.05, 0.1) is 23.7 Å². The summed E-state index contributed by atoms with van der Waals surface area (Å²) in [5.41, 5.74) is 0.787. The molecular weight excluding hydrogens is 514 g/mol. The topological polar surface area (TPSA) is 112 Å². The Hall–Kier alpha value is -4.06. The van der Waals surface area contributed by atoms with E-state index in [0.717, 1.165) is 11.8 Å². The van der Waals surface area contributed by atoms with Crippen LogP contribution in [0.1, 0.15) is 25.0 Å². The Morgan fingerprint density at radius 2 is 1.95 bits per heavy atom. The number of ketones is 1. The Kier molecular flexibility index (Phi) is 6.63. The average molecular weight is 541 g/mol. The fraction of sp³-hybridized carbons (Fsp3) is 0.407. The molecule has 2 fully saturated rings. The predicted molar refractivity (Wildman–Crippen MR) is 135 cm³/mol. The number of nitrogens with one attached hydrogen (secondary N) is 1. The van der Waals surface area contributed by atoms with E-state index in [-0.39, 0.29) is 48.3 Å². The molecule has 1 saturated heterocycles. The van der Waals surface area contributed by atoms with Gasteiger partial charge >= 0.3 is 12.7 Å². The maximum atomic E-state index is 12.8. The maximum absolute atomic E-state index is 12.8. The third-order valence-corrected chi connectivity index (χ3v) is 7.41. The molecule has 2 aromatic heterocycles. The van der Waals surface area contributed by atoms with Crippen molar-refractivity contribution in [2.24, 2.45) is 0 Å². The predicted octanol–water partition coefficient (Wildman–Crippen LogP) is 3.04. The molecule has 6 rings (SSSR count). The van der Waals surface area contributed by atoms with Gasteiger partial charge in [0.1, 0.15) is 30.0 Å². The first kappa shape index (κ1) is 25.2. The Morgan fingerprint density at radius 1 is 1.10 bits per heavy atom. The lowest BCUT2D eigenvalue weighted by molar-refractivity contribution is -0.121. The minimum Gasteiger partial charge on any atom is -0.484 e. The van der Waals surface area contributed by atoms with Crippen LogP contribution in [-0.2, 0) is 22.5 Å². The van der Waals surface area contributed by atoms with Crippen LogP contribution in [0.2, 0.25) is 0 Å². The molecule has 12 heteroatoms. The molecule has 1 aliphatic carbocycles. The number of carbonyl (C=O) groups is 2. The van der Waals surface area contributed by atoms with Gasteiger partial charge in [0.15, 0.2) is 5.78 Å². The number of aromatic nitrogens is 2. The summed E-state index contributed by atoms with van der Waals surface area (Å²) in [6.45, 7) is -2.14. The van der Waals surface area contributed by atoms with Gasteiger partial charge in [-0.15, -0.1) is 0 Å².